The van der Waals surface area contributed by atoms with E-state index < -0.39 is 5.97 Å². The van der Waals surface area contributed by atoms with Gasteiger partial charge in [-0.05, 0) is 78.0 Å². The molecule has 1 aromatic heterocycles. The van der Waals surface area contributed by atoms with E-state index in [1.54, 1.807) is 25.3 Å². The number of carbonyl (C=O) groups excluding carboxylic acids is 2. The molecule has 6 rings (SSSR count). The molecule has 0 bridgehead atoms. The molecule has 2 aromatic carbocycles. The van der Waals surface area contributed by atoms with Gasteiger partial charge in [0.2, 0.25) is 0 Å². The van der Waals surface area contributed by atoms with Crippen molar-refractivity contribution in [1.82, 2.24) is 9.88 Å². The Morgan fingerprint density at radius 3 is 2.51 bits per heavy atom. The van der Waals surface area contributed by atoms with Crippen LogP contribution < -0.4 is 9.47 Å². The molecule has 3 aliphatic rings. The Bertz CT molecular complexity index is 1660. The topological polar surface area (TPSA) is 148 Å². The number of carbonyl (C=O) groups is 3. The van der Waals surface area contributed by atoms with Gasteiger partial charge in [-0.25, -0.2) is 4.79 Å². The molecule has 6 atom stereocenters. The van der Waals surface area contributed by atoms with Crippen molar-refractivity contribution in [3.05, 3.63) is 64.4 Å². The number of aromatic carboxylic acids is 1. The van der Waals surface area contributed by atoms with Crippen LogP contribution in [-0.2, 0) is 32.1 Å². The lowest BCUT2D eigenvalue weighted by atomic mass is 9.61. The fourth-order valence-corrected chi connectivity index (χ4v) is 8.52. The van der Waals surface area contributed by atoms with Crippen molar-refractivity contribution >= 4 is 35.2 Å². The van der Waals surface area contributed by atoms with E-state index in [1.807, 2.05) is 12.1 Å². The van der Waals surface area contributed by atoms with Crippen LogP contribution in [0.5, 0.6) is 11.5 Å². The normalized spacial score (nSPS) is 25.5. The number of fused-ring (bicyclic) bond motifs is 6. The number of H-pyrrole nitrogens is 1. The SMILES string of the molecule is COc1cc(C=CC(=O)C[C@@H]2C[C@@H]3CN4CCc5c([nH]c6cc(CO)ccc56)[C@H]4C[C@@H]3[C@H](COC=O)[C@H]2OC)cc(OC)c1C(=O)O. The molecule has 1 aliphatic carbocycles. The molecule has 250 valence electrons. The molecule has 47 heavy (non-hydrogen) atoms. The summed E-state index contributed by atoms with van der Waals surface area (Å²) in [6, 6.07) is 9.44. The summed E-state index contributed by atoms with van der Waals surface area (Å²) in [4.78, 5) is 42.7. The molecule has 0 spiro atoms. The molecule has 3 aromatic rings. The Labute approximate surface area is 273 Å². The number of hydrogen-bond donors (Lipinski definition) is 3. The molecule has 0 radical (unpaired) electrons. The second kappa shape index (κ2) is 13.9. The third kappa shape index (κ3) is 6.27. The van der Waals surface area contributed by atoms with Gasteiger partial charge in [0.1, 0.15) is 17.1 Å². The average molecular weight is 647 g/mol. The molecular formula is C36H42N2O9. The van der Waals surface area contributed by atoms with Crippen LogP contribution >= 0.6 is 0 Å². The number of aromatic amines is 1. The van der Waals surface area contributed by atoms with Crippen molar-refractivity contribution in [3.63, 3.8) is 0 Å². The zero-order valence-electron chi connectivity index (χ0n) is 26.9. The molecule has 1 saturated heterocycles. The van der Waals surface area contributed by atoms with Gasteiger partial charge < -0.3 is 34.1 Å². The van der Waals surface area contributed by atoms with Crippen molar-refractivity contribution in [2.75, 3.05) is 41.0 Å². The highest BCUT2D eigenvalue weighted by molar-refractivity contribution is 5.96. The first-order chi connectivity index (χ1) is 22.8. The fourth-order valence-electron chi connectivity index (χ4n) is 8.52. The largest absolute Gasteiger partial charge is 0.496 e. The number of hydrogen-bond acceptors (Lipinski definition) is 9. The van der Waals surface area contributed by atoms with E-state index in [-0.39, 0.29) is 72.4 Å². The first-order valence-electron chi connectivity index (χ1n) is 16.1. The summed E-state index contributed by atoms with van der Waals surface area (Å²) < 4.78 is 22.0. The summed E-state index contributed by atoms with van der Waals surface area (Å²) in [5.41, 5.74) is 4.99. The molecule has 11 nitrogen and oxygen atoms in total. The minimum absolute atomic E-state index is 0.00139. The van der Waals surface area contributed by atoms with Gasteiger partial charge in [-0.15, -0.1) is 0 Å². The van der Waals surface area contributed by atoms with Crippen LogP contribution in [0.2, 0.25) is 0 Å². The number of aliphatic hydroxyl groups excluding tert-OH is 1. The van der Waals surface area contributed by atoms with Crippen LogP contribution in [0.15, 0.2) is 36.4 Å². The van der Waals surface area contributed by atoms with E-state index in [1.165, 1.54) is 36.9 Å². The van der Waals surface area contributed by atoms with E-state index >= 15 is 0 Å². The fraction of sp³-hybridized carbons (Fsp3) is 0.472. The predicted octanol–water partition coefficient (Wildman–Crippen LogP) is 4.41. The summed E-state index contributed by atoms with van der Waals surface area (Å²) in [5, 5.41) is 20.4. The Kier molecular flexibility index (Phi) is 9.67. The smallest absolute Gasteiger partial charge is 0.343 e. The van der Waals surface area contributed by atoms with Crippen molar-refractivity contribution < 1.29 is 43.5 Å². The maximum Gasteiger partial charge on any atom is 0.343 e. The number of benzene rings is 2. The van der Waals surface area contributed by atoms with E-state index in [9.17, 15) is 24.6 Å². The third-order valence-corrected chi connectivity index (χ3v) is 10.5. The van der Waals surface area contributed by atoms with Crippen molar-refractivity contribution in [2.45, 2.75) is 44.4 Å². The minimum Gasteiger partial charge on any atom is -0.496 e. The van der Waals surface area contributed by atoms with Crippen LogP contribution in [0.1, 0.15) is 58.0 Å². The monoisotopic (exact) mass is 646 g/mol. The average Bonchev–Trinajstić information content (AvgIpc) is 3.46. The van der Waals surface area contributed by atoms with Gasteiger partial charge in [0.25, 0.3) is 6.47 Å². The number of nitrogens with one attached hydrogen (secondary N) is 1. The molecule has 0 unspecified atom stereocenters. The van der Waals surface area contributed by atoms with Crippen molar-refractivity contribution in [1.29, 1.82) is 0 Å². The number of allylic oxidation sites excluding steroid dienone is 1. The van der Waals surface area contributed by atoms with Crippen LogP contribution in [0.3, 0.4) is 0 Å². The first kappa shape index (κ1) is 32.7. The molecule has 3 N–H and O–H groups in total. The Hall–Kier alpha value is -4.19. The lowest BCUT2D eigenvalue weighted by Crippen LogP contribution is -2.55. The lowest BCUT2D eigenvalue weighted by molar-refractivity contribution is -0.146. The molecule has 2 aliphatic heterocycles. The number of ketones is 1. The number of ether oxygens (including phenoxy) is 4. The van der Waals surface area contributed by atoms with Crippen LogP contribution in [0.4, 0.5) is 0 Å². The van der Waals surface area contributed by atoms with Crippen LogP contribution in [0.25, 0.3) is 17.0 Å². The van der Waals surface area contributed by atoms with E-state index in [4.69, 9.17) is 18.9 Å². The highest BCUT2D eigenvalue weighted by Crippen LogP contribution is 2.51. The lowest BCUT2D eigenvalue weighted by Gasteiger charge is -2.54. The Balaban J connectivity index is 1.22. The van der Waals surface area contributed by atoms with Gasteiger partial charge in [0.05, 0.1) is 39.6 Å². The number of rotatable bonds is 12. The molecule has 11 heteroatoms. The standard InChI is InChI=1S/C36H42N2O9/c1-44-31-11-20(12-32(45-2)33(31)36(42)43)4-6-24(41)14-22-13-23-16-38-9-8-26-25-7-5-21(17-39)10-29(25)37-34(26)30(38)15-27(23)28(18-47-19-40)35(22)46-3/h4-7,10-12,19,22-23,27-28,30,35,37,39H,8-9,13-18H2,1-3H3,(H,42,43)/t22-,23+,27-,28-,30+,35-/m0/s1. The molecular weight excluding hydrogens is 604 g/mol. The minimum atomic E-state index is -1.17. The van der Waals surface area contributed by atoms with Crippen molar-refractivity contribution in [3.8, 4) is 11.5 Å². The van der Waals surface area contributed by atoms with Gasteiger partial charge in [-0.1, -0.05) is 18.2 Å². The summed E-state index contributed by atoms with van der Waals surface area (Å²) in [7, 11) is 4.44. The number of carboxylic acids is 1. The second-order valence-electron chi connectivity index (χ2n) is 12.9. The second-order valence-corrected chi connectivity index (χ2v) is 12.9. The third-order valence-electron chi connectivity index (χ3n) is 10.5. The molecule has 1 saturated carbocycles. The first-order valence-corrected chi connectivity index (χ1v) is 16.1. The highest BCUT2D eigenvalue weighted by atomic mass is 16.5. The number of aliphatic hydroxyl groups is 1. The number of piperidine rings is 1. The van der Waals surface area contributed by atoms with Crippen LogP contribution in [0, 0.1) is 23.7 Å². The number of aromatic nitrogens is 1. The van der Waals surface area contributed by atoms with Gasteiger partial charge in [0, 0.05) is 49.1 Å². The molecule has 3 heterocycles. The maximum absolute atomic E-state index is 13.4. The van der Waals surface area contributed by atoms with Gasteiger partial charge in [-0.3, -0.25) is 14.5 Å². The maximum atomic E-state index is 13.4. The highest BCUT2D eigenvalue weighted by Gasteiger charge is 2.50. The molecule has 2 fully saturated rings. The number of nitrogens with zero attached hydrogens (tertiary/aromatic N) is 1. The van der Waals surface area contributed by atoms with Gasteiger partial charge in [-0.2, -0.15) is 0 Å². The number of carboxylic acid groups (broad SMARTS) is 1. The zero-order valence-corrected chi connectivity index (χ0v) is 26.9. The summed E-state index contributed by atoms with van der Waals surface area (Å²) in [6.07, 6.45) is 5.79. The van der Waals surface area contributed by atoms with Crippen molar-refractivity contribution in [2.24, 2.45) is 23.7 Å². The molecule has 0 amide bonds. The predicted molar refractivity (Wildman–Crippen MR) is 173 cm³/mol. The van der Waals surface area contributed by atoms with E-state index in [0.29, 0.717) is 18.0 Å². The van der Waals surface area contributed by atoms with Gasteiger partial charge in [0.15, 0.2) is 5.78 Å². The summed E-state index contributed by atoms with van der Waals surface area (Å²) in [6.45, 7) is 2.54. The van der Waals surface area contributed by atoms with Crippen LogP contribution in [-0.4, -0.2) is 85.5 Å². The summed E-state index contributed by atoms with van der Waals surface area (Å²) in [5.74, 6) is -0.561. The van der Waals surface area contributed by atoms with Gasteiger partial charge >= 0.3 is 5.97 Å². The Morgan fingerprint density at radius 2 is 1.85 bits per heavy atom. The zero-order chi connectivity index (χ0) is 33.2. The summed E-state index contributed by atoms with van der Waals surface area (Å²) >= 11 is 0. The Morgan fingerprint density at radius 1 is 1.09 bits per heavy atom. The van der Waals surface area contributed by atoms with E-state index in [0.717, 1.165) is 43.4 Å². The quantitative estimate of drug-likeness (QED) is 0.191. The van der Waals surface area contributed by atoms with E-state index in [2.05, 4.69) is 16.0 Å². The number of methoxy groups -OCH3 is 3.